The fourth-order valence-electron chi connectivity index (χ4n) is 17.6. The fourth-order valence-corrected chi connectivity index (χ4v) is 17.9. The second-order valence-corrected chi connectivity index (χ2v) is 25.6. The largest absolute Gasteiger partial charge is 0.508 e. The van der Waals surface area contributed by atoms with Gasteiger partial charge in [-0.15, -0.1) is 0 Å². The van der Waals surface area contributed by atoms with E-state index in [4.69, 9.17) is 9.84 Å². The molecule has 12 rings (SSSR count). The van der Waals surface area contributed by atoms with E-state index in [2.05, 4.69) is 39.7 Å². The van der Waals surface area contributed by atoms with Crippen molar-refractivity contribution in [3.05, 3.63) is 73.1 Å². The molecular formula is C60H77BrF2N2O6. The van der Waals surface area contributed by atoms with Gasteiger partial charge in [0.1, 0.15) is 35.2 Å². The molecule has 3 N–H and O–H groups in total. The van der Waals surface area contributed by atoms with Gasteiger partial charge in [-0.2, -0.15) is 0 Å². The van der Waals surface area contributed by atoms with Crippen LogP contribution in [0.4, 0.5) is 8.78 Å². The van der Waals surface area contributed by atoms with Crippen molar-refractivity contribution in [3.63, 3.8) is 0 Å². The minimum absolute atomic E-state index is 0.00703. The summed E-state index contributed by atoms with van der Waals surface area (Å²) in [4.78, 5) is 34.3. The van der Waals surface area contributed by atoms with Crippen LogP contribution in [0.3, 0.4) is 0 Å². The van der Waals surface area contributed by atoms with Gasteiger partial charge in [-0.05, 0) is 224 Å². The number of alkyl halides is 3. The lowest BCUT2D eigenvalue weighted by Gasteiger charge is -2.59. The first-order valence-electron chi connectivity index (χ1n) is 27.2. The maximum atomic E-state index is 16.6. The highest BCUT2D eigenvalue weighted by Crippen LogP contribution is 2.68. The predicted octanol–water partition coefficient (Wildman–Crippen LogP) is 13.3. The summed E-state index contributed by atoms with van der Waals surface area (Å²) < 4.78 is 38.7. The highest BCUT2D eigenvalue weighted by atomic mass is 79.9. The van der Waals surface area contributed by atoms with Gasteiger partial charge in [0.05, 0.1) is 27.6 Å². The first-order valence-corrected chi connectivity index (χ1v) is 28.3. The Morgan fingerprint density at radius 1 is 0.606 bits per heavy atom. The number of aromatic nitrogens is 2. The fraction of sp³-hybridized carbons (Fsp3) is 0.667. The maximum absolute atomic E-state index is 16.6. The molecule has 2 heterocycles. The van der Waals surface area contributed by atoms with E-state index in [1.165, 1.54) is 0 Å². The Morgan fingerprint density at radius 3 is 1.62 bits per heavy atom. The van der Waals surface area contributed by atoms with E-state index in [9.17, 15) is 19.8 Å². The lowest BCUT2D eigenvalue weighted by Crippen LogP contribution is -2.58. The van der Waals surface area contributed by atoms with Crippen LogP contribution in [0, 0.1) is 70.0 Å². The summed E-state index contributed by atoms with van der Waals surface area (Å²) in [5.74, 6) is 3.62. The monoisotopic (exact) mass is 1040 g/mol. The van der Waals surface area contributed by atoms with E-state index in [-0.39, 0.29) is 64.5 Å². The van der Waals surface area contributed by atoms with E-state index in [0.717, 1.165) is 98.9 Å². The van der Waals surface area contributed by atoms with E-state index in [0.29, 0.717) is 79.1 Å². The number of ether oxygens (including phenoxy) is 1. The molecule has 2 aromatic heterocycles. The summed E-state index contributed by atoms with van der Waals surface area (Å²) in [7, 11) is 0. The Morgan fingerprint density at radius 2 is 1.10 bits per heavy atom. The third-order valence-electron chi connectivity index (χ3n) is 21.1. The van der Waals surface area contributed by atoms with Gasteiger partial charge in [-0.1, -0.05) is 41.9 Å². The van der Waals surface area contributed by atoms with Crippen LogP contribution in [0.15, 0.2) is 73.1 Å². The first-order chi connectivity index (χ1) is 33.8. The molecule has 0 aliphatic heterocycles. The third-order valence-corrected chi connectivity index (χ3v) is 21.6. The Kier molecular flexibility index (Phi) is 13.9. The first kappa shape index (κ1) is 51.0. The molecule has 8 aliphatic rings. The number of Topliss-reactive ketones (excluding diaryl/α,β-unsaturated/α-hetero) is 2. The molecule has 11 heteroatoms. The van der Waals surface area contributed by atoms with Crippen molar-refractivity contribution in [2.24, 2.45) is 70.0 Å². The number of aliphatic hydroxyl groups is 2. The quantitative estimate of drug-likeness (QED) is 0.163. The highest BCUT2D eigenvalue weighted by Gasteiger charge is 2.65. The zero-order valence-electron chi connectivity index (χ0n) is 42.4. The zero-order valence-corrected chi connectivity index (χ0v) is 44.0. The van der Waals surface area contributed by atoms with Crippen molar-refractivity contribution in [1.82, 2.24) is 9.97 Å². The normalized spacial score (nSPS) is 42.0. The number of ketones is 2. The molecule has 0 radical (unpaired) electrons. The Hall–Kier alpha value is -3.54. The molecule has 0 unspecified atom stereocenters. The number of fused-ring (bicyclic) bond motifs is 12. The molecule has 2 aromatic carbocycles. The molecule has 71 heavy (non-hydrogen) atoms. The standard InChI is InChI=1S/C30H38FNO3.C21H32BrFO2.C9H7NO/c1-28(34)13-14-30(31)20(17-28)6-8-22-23-9-10-25(29(23,2)12-11-24(22)30)27(33)18-35-21-7-5-19-4-3-15-32-26(19)16-21;1-19(25)9-10-21(23)13(11-19)3-4-14-15-5-6-17(18(24)12-22)20(15,2)8-7-16(14)21;11-8-4-3-7-2-1-5-10-9(7)6-8/h3-5,7,15-16,20,22-25,34H,6,8-14,17-18H2,1-2H3;13-17,25H,3-12H2,1-2H3;1-6,11H/t20-,22+,23+,24+,25-,28-,29+,30-;13-,14+,15+,16+,17-,19-,20+,21-;/m11./s1. The van der Waals surface area contributed by atoms with E-state index < -0.39 is 22.5 Å². The second-order valence-electron chi connectivity index (χ2n) is 25.0. The molecule has 4 aromatic rings. The van der Waals surface area contributed by atoms with Gasteiger partial charge in [0, 0.05) is 47.1 Å². The molecular weight excluding hydrogens is 963 g/mol. The number of pyridine rings is 2. The molecule has 8 saturated carbocycles. The molecule has 8 aliphatic carbocycles. The van der Waals surface area contributed by atoms with Crippen LogP contribution in [-0.4, -0.2) is 71.3 Å². The number of phenols is 1. The number of hydrogen-bond acceptors (Lipinski definition) is 8. The van der Waals surface area contributed by atoms with Gasteiger partial charge in [0.25, 0.3) is 0 Å². The van der Waals surface area contributed by atoms with Crippen LogP contribution < -0.4 is 4.74 Å². The Labute approximate surface area is 428 Å². The second kappa shape index (κ2) is 19.3. The van der Waals surface area contributed by atoms with Crippen molar-refractivity contribution in [2.75, 3.05) is 11.9 Å². The number of carbonyl (C=O) groups excluding carboxylic acids is 2. The highest BCUT2D eigenvalue weighted by molar-refractivity contribution is 9.09. The SMILES string of the molecule is C[C@@]1(O)CC[C@@]2(F)[C@H](CC[C@H]3[C@@H]4CC[C@H](C(=O)CBr)[C@@]4(C)CC[C@@H]32)C1.C[C@@]1(O)CC[C@@]2(F)[C@H](CC[C@H]3[C@@H]4CC[C@H](C(=O)COc5ccc6cccnc6c5)[C@@]4(C)CC[C@@H]32)C1.Oc1ccc2cccnc2c1. The van der Waals surface area contributed by atoms with Gasteiger partial charge >= 0.3 is 0 Å². The molecule has 0 spiro atoms. The summed E-state index contributed by atoms with van der Waals surface area (Å²) in [6.07, 6.45) is 18.5. The van der Waals surface area contributed by atoms with Crippen LogP contribution >= 0.6 is 15.9 Å². The Balaban J connectivity index is 0.000000140. The van der Waals surface area contributed by atoms with Crippen molar-refractivity contribution in [3.8, 4) is 11.5 Å². The number of phenolic OH excluding ortho intramolecular Hbond substituents is 1. The summed E-state index contributed by atoms with van der Waals surface area (Å²) in [6, 6.07) is 18.7. The van der Waals surface area contributed by atoms with Gasteiger partial charge in [0.2, 0.25) is 0 Å². The molecule has 0 bridgehead atoms. The average Bonchev–Trinajstić information content (AvgIpc) is 3.90. The number of aromatic hydroxyl groups is 1. The number of carbonyl (C=O) groups is 2. The van der Waals surface area contributed by atoms with Crippen LogP contribution in [0.1, 0.15) is 143 Å². The number of halogens is 3. The van der Waals surface area contributed by atoms with Gasteiger partial charge < -0.3 is 20.1 Å². The van der Waals surface area contributed by atoms with E-state index in [1.54, 1.807) is 24.5 Å². The zero-order chi connectivity index (χ0) is 50.1. The van der Waals surface area contributed by atoms with Crippen molar-refractivity contribution < 1.29 is 38.4 Å². The van der Waals surface area contributed by atoms with E-state index in [1.807, 2.05) is 62.4 Å². The summed E-state index contributed by atoms with van der Waals surface area (Å²) >= 11 is 3.37. The molecule has 8 nitrogen and oxygen atoms in total. The number of hydrogen-bond donors (Lipinski definition) is 3. The average molecular weight is 1040 g/mol. The van der Waals surface area contributed by atoms with Gasteiger partial charge in [-0.25, -0.2) is 8.78 Å². The lowest BCUT2D eigenvalue weighted by molar-refractivity contribution is -0.166. The molecule has 384 valence electrons. The van der Waals surface area contributed by atoms with Crippen molar-refractivity contribution in [2.45, 2.75) is 166 Å². The lowest BCUT2D eigenvalue weighted by atomic mass is 9.48. The number of rotatable bonds is 6. The van der Waals surface area contributed by atoms with Crippen LogP contribution in [-0.2, 0) is 9.59 Å². The maximum Gasteiger partial charge on any atom is 0.173 e. The summed E-state index contributed by atoms with van der Waals surface area (Å²) in [6.45, 7) is 8.45. The molecule has 16 atom stereocenters. The van der Waals surface area contributed by atoms with Crippen LogP contribution in [0.2, 0.25) is 0 Å². The summed E-state index contributed by atoms with van der Waals surface area (Å²) in [5.41, 5.74) is -1.91. The van der Waals surface area contributed by atoms with E-state index >= 15 is 8.78 Å². The van der Waals surface area contributed by atoms with Gasteiger partial charge in [0.15, 0.2) is 5.78 Å². The van der Waals surface area contributed by atoms with Gasteiger partial charge in [-0.3, -0.25) is 19.6 Å². The minimum atomic E-state index is -1.14. The summed E-state index contributed by atoms with van der Waals surface area (Å²) in [5, 5.41) is 32.7. The molecule has 8 fully saturated rings. The van der Waals surface area contributed by atoms with Crippen LogP contribution in [0.25, 0.3) is 21.8 Å². The topological polar surface area (TPSA) is 130 Å². The van der Waals surface area contributed by atoms with Crippen molar-refractivity contribution in [1.29, 1.82) is 0 Å². The number of benzene rings is 2. The smallest absolute Gasteiger partial charge is 0.173 e. The van der Waals surface area contributed by atoms with Crippen LogP contribution in [0.5, 0.6) is 11.5 Å². The predicted molar refractivity (Wildman–Crippen MR) is 278 cm³/mol. The number of nitrogens with zero attached hydrogens (tertiary/aromatic N) is 2. The minimum Gasteiger partial charge on any atom is -0.508 e. The third kappa shape index (κ3) is 9.39. The Bertz CT molecular complexity index is 2610. The molecule has 0 saturated heterocycles. The van der Waals surface area contributed by atoms with Crippen molar-refractivity contribution >= 4 is 49.3 Å². The molecule has 0 amide bonds.